The van der Waals surface area contributed by atoms with Crippen molar-refractivity contribution in [1.82, 2.24) is 4.98 Å². The fourth-order valence-electron chi connectivity index (χ4n) is 2.22. The van der Waals surface area contributed by atoms with Crippen LogP contribution in [0.2, 0.25) is 0 Å². The molecule has 0 saturated heterocycles. The van der Waals surface area contributed by atoms with Gasteiger partial charge in [-0.25, -0.2) is 4.98 Å². The van der Waals surface area contributed by atoms with Gasteiger partial charge in [0.05, 0.1) is 26.1 Å². The number of anilines is 1. The minimum absolute atomic E-state index is 0.416. The third-order valence-electron chi connectivity index (χ3n) is 3.55. The molecule has 0 aliphatic rings. The predicted molar refractivity (Wildman–Crippen MR) is 85.3 cm³/mol. The molecule has 0 saturated carbocycles. The Morgan fingerprint density at radius 1 is 1.18 bits per heavy atom. The molecule has 2 aromatic rings. The van der Waals surface area contributed by atoms with Gasteiger partial charge in [-0.1, -0.05) is 0 Å². The number of benzene rings is 1. The first-order chi connectivity index (χ1) is 10.6. The molecule has 1 heterocycles. The number of ether oxygens (including phenoxy) is 2. The molecular weight excluding hydrogens is 278 g/mol. The van der Waals surface area contributed by atoms with Crippen LogP contribution in [-0.4, -0.2) is 26.3 Å². The van der Waals surface area contributed by atoms with Gasteiger partial charge in [0.25, 0.3) is 0 Å². The Morgan fingerprint density at radius 2 is 1.86 bits per heavy atom. The smallest absolute Gasteiger partial charge is 0.161 e. The zero-order chi connectivity index (χ0) is 16.1. The van der Waals surface area contributed by atoms with Gasteiger partial charge in [-0.3, -0.25) is 0 Å². The summed E-state index contributed by atoms with van der Waals surface area (Å²) in [6, 6.07) is 9.58. The molecule has 5 heteroatoms. The van der Waals surface area contributed by atoms with Crippen molar-refractivity contribution in [2.75, 3.05) is 26.2 Å². The monoisotopic (exact) mass is 297 g/mol. The Balaban J connectivity index is 2.23. The van der Waals surface area contributed by atoms with Crippen LogP contribution in [0, 0.1) is 18.3 Å². The molecule has 0 spiro atoms. The molecule has 1 aromatic carbocycles. The lowest BCUT2D eigenvalue weighted by molar-refractivity contribution is 0.354. The van der Waals surface area contributed by atoms with Crippen LogP contribution in [-0.2, 0) is 6.54 Å². The lowest BCUT2D eigenvalue weighted by Crippen LogP contribution is -2.17. The average Bonchev–Trinajstić information content (AvgIpc) is 2.56. The van der Waals surface area contributed by atoms with Crippen molar-refractivity contribution < 1.29 is 9.47 Å². The van der Waals surface area contributed by atoms with Crippen LogP contribution in [0.15, 0.2) is 30.5 Å². The molecule has 0 fully saturated rings. The van der Waals surface area contributed by atoms with Gasteiger partial charge < -0.3 is 14.4 Å². The summed E-state index contributed by atoms with van der Waals surface area (Å²) < 4.78 is 10.7. The minimum atomic E-state index is 0.416. The lowest BCUT2D eigenvalue weighted by atomic mass is 10.1. The van der Waals surface area contributed by atoms with Crippen LogP contribution < -0.4 is 14.4 Å². The molecule has 0 aliphatic carbocycles. The predicted octanol–water partition coefficient (Wildman–Crippen LogP) is 2.92. The number of hydrogen-bond acceptors (Lipinski definition) is 5. The van der Waals surface area contributed by atoms with E-state index in [0.29, 0.717) is 12.2 Å². The summed E-state index contributed by atoms with van der Waals surface area (Å²) in [6.07, 6.45) is 1.70. The molecule has 114 valence electrons. The van der Waals surface area contributed by atoms with E-state index in [1.807, 2.05) is 38.2 Å². The quantitative estimate of drug-likeness (QED) is 0.849. The second kappa shape index (κ2) is 6.81. The summed E-state index contributed by atoms with van der Waals surface area (Å²) in [5.41, 5.74) is 3.64. The fourth-order valence-corrected chi connectivity index (χ4v) is 2.22. The molecule has 2 rings (SSSR count). The first-order valence-corrected chi connectivity index (χ1v) is 6.87. The molecule has 0 radical (unpaired) electrons. The van der Waals surface area contributed by atoms with Crippen molar-refractivity contribution in [3.05, 3.63) is 47.3 Å². The largest absolute Gasteiger partial charge is 0.493 e. The number of hydrogen-bond donors (Lipinski definition) is 0. The van der Waals surface area contributed by atoms with Gasteiger partial charge in [-0.15, -0.1) is 0 Å². The van der Waals surface area contributed by atoms with Gasteiger partial charge in [0.1, 0.15) is 11.8 Å². The summed E-state index contributed by atoms with van der Waals surface area (Å²) in [6.45, 7) is 2.75. The lowest BCUT2D eigenvalue weighted by Gasteiger charge is -2.21. The molecule has 0 amide bonds. The number of methoxy groups -OCH3 is 2. The zero-order valence-corrected chi connectivity index (χ0v) is 13.3. The molecule has 0 bridgehead atoms. The van der Waals surface area contributed by atoms with Gasteiger partial charge in [-0.05, 0) is 42.3 Å². The number of aromatic nitrogens is 1. The zero-order valence-electron chi connectivity index (χ0n) is 13.3. The second-order valence-corrected chi connectivity index (χ2v) is 5.00. The van der Waals surface area contributed by atoms with Crippen molar-refractivity contribution in [2.45, 2.75) is 13.5 Å². The normalized spacial score (nSPS) is 9.95. The van der Waals surface area contributed by atoms with E-state index >= 15 is 0 Å². The van der Waals surface area contributed by atoms with E-state index in [-0.39, 0.29) is 0 Å². The highest BCUT2D eigenvalue weighted by Crippen LogP contribution is 2.31. The topological polar surface area (TPSA) is 58.4 Å². The SMILES string of the molecule is COc1cc(C)c(CN(C)c2ccc(C#N)nc2)cc1OC. The molecule has 1 aromatic heterocycles. The fraction of sp³-hybridized carbons (Fsp3) is 0.294. The molecule has 0 unspecified atom stereocenters. The third-order valence-corrected chi connectivity index (χ3v) is 3.55. The third kappa shape index (κ3) is 3.29. The van der Waals surface area contributed by atoms with E-state index in [1.165, 1.54) is 0 Å². The highest BCUT2D eigenvalue weighted by atomic mass is 16.5. The Hall–Kier alpha value is -2.74. The number of nitriles is 1. The second-order valence-electron chi connectivity index (χ2n) is 5.00. The molecule has 22 heavy (non-hydrogen) atoms. The van der Waals surface area contributed by atoms with Gasteiger partial charge in [0.15, 0.2) is 11.5 Å². The highest BCUT2D eigenvalue weighted by Gasteiger charge is 2.11. The maximum absolute atomic E-state index is 8.79. The first kappa shape index (κ1) is 15.6. The minimum Gasteiger partial charge on any atom is -0.493 e. The molecular formula is C17H19N3O2. The molecule has 5 nitrogen and oxygen atoms in total. The van der Waals surface area contributed by atoms with Crippen molar-refractivity contribution in [3.63, 3.8) is 0 Å². The van der Waals surface area contributed by atoms with E-state index in [2.05, 4.69) is 9.88 Å². The van der Waals surface area contributed by atoms with Gasteiger partial charge in [-0.2, -0.15) is 5.26 Å². The standard InChI is InChI=1S/C17H19N3O2/c1-12-7-16(21-3)17(22-4)8-13(12)11-20(2)15-6-5-14(9-18)19-10-15/h5-8,10H,11H2,1-4H3. The van der Waals surface area contributed by atoms with Crippen LogP contribution in [0.4, 0.5) is 5.69 Å². The number of aryl methyl sites for hydroxylation is 1. The molecule has 0 N–H and O–H groups in total. The maximum Gasteiger partial charge on any atom is 0.161 e. The van der Waals surface area contributed by atoms with Crippen molar-refractivity contribution >= 4 is 5.69 Å². The Kier molecular flexibility index (Phi) is 4.84. The summed E-state index contributed by atoms with van der Waals surface area (Å²) in [4.78, 5) is 6.17. The summed E-state index contributed by atoms with van der Waals surface area (Å²) >= 11 is 0. The van der Waals surface area contributed by atoms with Crippen LogP contribution in [0.25, 0.3) is 0 Å². The summed E-state index contributed by atoms with van der Waals surface area (Å²) in [5.74, 6) is 1.45. The Morgan fingerprint density at radius 3 is 2.41 bits per heavy atom. The van der Waals surface area contributed by atoms with Crippen molar-refractivity contribution in [3.8, 4) is 17.6 Å². The molecule has 0 aliphatic heterocycles. The van der Waals surface area contributed by atoms with Gasteiger partial charge >= 0.3 is 0 Å². The maximum atomic E-state index is 8.79. The van der Waals surface area contributed by atoms with Crippen LogP contribution in [0.1, 0.15) is 16.8 Å². The van der Waals surface area contributed by atoms with E-state index in [1.54, 1.807) is 26.5 Å². The highest BCUT2D eigenvalue weighted by molar-refractivity contribution is 5.50. The van der Waals surface area contributed by atoms with Crippen LogP contribution in [0.3, 0.4) is 0 Å². The summed E-state index contributed by atoms with van der Waals surface area (Å²) in [5, 5.41) is 8.79. The number of pyridine rings is 1. The van der Waals surface area contributed by atoms with Crippen LogP contribution >= 0.6 is 0 Å². The van der Waals surface area contributed by atoms with Gasteiger partial charge in [0, 0.05) is 13.6 Å². The van der Waals surface area contributed by atoms with E-state index in [0.717, 1.165) is 28.3 Å². The van der Waals surface area contributed by atoms with Gasteiger partial charge in [0.2, 0.25) is 0 Å². The Labute approximate surface area is 130 Å². The molecule has 0 atom stereocenters. The Bertz CT molecular complexity index is 690. The van der Waals surface area contributed by atoms with E-state index in [9.17, 15) is 0 Å². The average molecular weight is 297 g/mol. The summed E-state index contributed by atoms with van der Waals surface area (Å²) in [7, 11) is 5.25. The number of rotatable bonds is 5. The first-order valence-electron chi connectivity index (χ1n) is 6.87. The number of nitrogens with zero attached hydrogens (tertiary/aromatic N) is 3. The van der Waals surface area contributed by atoms with Crippen LogP contribution in [0.5, 0.6) is 11.5 Å². The van der Waals surface area contributed by atoms with E-state index in [4.69, 9.17) is 14.7 Å². The van der Waals surface area contributed by atoms with E-state index < -0.39 is 0 Å². The van der Waals surface area contributed by atoms with Crippen molar-refractivity contribution in [1.29, 1.82) is 5.26 Å². The van der Waals surface area contributed by atoms with Crippen molar-refractivity contribution in [2.24, 2.45) is 0 Å².